The van der Waals surface area contributed by atoms with Gasteiger partial charge in [-0.2, -0.15) is 0 Å². The predicted molar refractivity (Wildman–Crippen MR) is 93.3 cm³/mol. The first-order chi connectivity index (χ1) is 11.2. The van der Waals surface area contributed by atoms with Crippen molar-refractivity contribution in [2.45, 2.75) is 12.8 Å². The molecule has 1 rings (SSSR count). The summed E-state index contributed by atoms with van der Waals surface area (Å²) in [7, 11) is 1.13. The van der Waals surface area contributed by atoms with Crippen LogP contribution in [0.4, 0.5) is 10.5 Å². The van der Waals surface area contributed by atoms with Gasteiger partial charge in [0, 0.05) is 39.8 Å². The van der Waals surface area contributed by atoms with Gasteiger partial charge in [-0.15, -0.1) is 0 Å². The molecule has 0 spiro atoms. The van der Waals surface area contributed by atoms with E-state index in [1.165, 1.54) is 14.1 Å². The van der Waals surface area contributed by atoms with Crippen LogP contribution in [-0.2, 0) is 21.2 Å². The third-order valence-corrected chi connectivity index (χ3v) is 5.14. The van der Waals surface area contributed by atoms with Crippen molar-refractivity contribution in [1.29, 1.82) is 0 Å². The van der Waals surface area contributed by atoms with Crippen LogP contribution < -0.4 is 16.0 Å². The number of anilines is 1. The van der Waals surface area contributed by atoms with Crippen LogP contribution in [0.25, 0.3) is 0 Å². The Kier molecular flexibility index (Phi) is 7.66. The van der Waals surface area contributed by atoms with Crippen molar-refractivity contribution < 1.29 is 18.0 Å². The zero-order chi connectivity index (χ0) is 18.2. The number of carbonyl (C=O) groups excluding carboxylic acids is 2. The average Bonchev–Trinajstić information content (AvgIpc) is 2.52. The lowest BCUT2D eigenvalue weighted by Gasteiger charge is -2.12. The minimum absolute atomic E-state index is 0.0166. The van der Waals surface area contributed by atoms with Gasteiger partial charge >= 0.3 is 6.03 Å². The van der Waals surface area contributed by atoms with E-state index in [1.54, 1.807) is 25.2 Å². The molecule has 134 valence electrons. The molecule has 24 heavy (non-hydrogen) atoms. The molecule has 0 heterocycles. The van der Waals surface area contributed by atoms with Gasteiger partial charge in [0.25, 0.3) is 0 Å². The molecule has 0 radical (unpaired) electrons. The number of rotatable bonds is 8. The van der Waals surface area contributed by atoms with Crippen LogP contribution >= 0.6 is 0 Å². The van der Waals surface area contributed by atoms with Gasteiger partial charge < -0.3 is 16.0 Å². The molecule has 1 aromatic rings. The number of amides is 3. The van der Waals surface area contributed by atoms with Gasteiger partial charge in [0.05, 0.1) is 5.75 Å². The lowest BCUT2D eigenvalue weighted by Crippen LogP contribution is -2.36. The van der Waals surface area contributed by atoms with E-state index in [1.807, 2.05) is 6.07 Å². The summed E-state index contributed by atoms with van der Waals surface area (Å²) in [5.74, 6) is -0.215. The maximum Gasteiger partial charge on any atom is 0.319 e. The van der Waals surface area contributed by atoms with Crippen LogP contribution in [0.15, 0.2) is 24.3 Å². The summed E-state index contributed by atoms with van der Waals surface area (Å²) in [6.07, 6.45) is 0.937. The van der Waals surface area contributed by atoms with Gasteiger partial charge in [0.1, 0.15) is 0 Å². The number of carbonyl (C=O) groups is 2. The number of aryl methyl sites for hydroxylation is 1. The zero-order valence-electron chi connectivity index (χ0n) is 14.1. The van der Waals surface area contributed by atoms with Gasteiger partial charge in [-0.1, -0.05) is 12.1 Å². The molecule has 0 atom stereocenters. The summed E-state index contributed by atoms with van der Waals surface area (Å²) in [6, 6.07) is 6.67. The van der Waals surface area contributed by atoms with Crippen molar-refractivity contribution in [3.63, 3.8) is 0 Å². The van der Waals surface area contributed by atoms with E-state index in [0.29, 0.717) is 18.5 Å². The third kappa shape index (κ3) is 6.97. The summed E-state index contributed by atoms with van der Waals surface area (Å²) in [5.41, 5.74) is 1.50. The van der Waals surface area contributed by atoms with Crippen LogP contribution in [0.3, 0.4) is 0 Å². The maximum absolute atomic E-state index is 11.8. The molecule has 3 amide bonds. The Labute approximate surface area is 142 Å². The standard InChI is InChI=1S/C15H24N4O4S/c1-16-14(20)8-7-12-5-4-6-13(11-12)18-15(21)17-9-10-24(22,23)19(2)3/h4-6,11H,7-10H2,1-3H3,(H,16,20)(H2,17,18,21). The number of nitrogens with one attached hydrogen (secondary N) is 3. The lowest BCUT2D eigenvalue weighted by molar-refractivity contribution is -0.120. The second kappa shape index (κ2) is 9.24. The van der Waals surface area contributed by atoms with Crippen LogP contribution in [0.5, 0.6) is 0 Å². The monoisotopic (exact) mass is 356 g/mol. The minimum Gasteiger partial charge on any atom is -0.359 e. The fraction of sp³-hybridized carbons (Fsp3) is 0.467. The van der Waals surface area contributed by atoms with Gasteiger partial charge in [0.15, 0.2) is 0 Å². The Bertz CT molecular complexity index is 674. The van der Waals surface area contributed by atoms with Crippen molar-refractivity contribution in [1.82, 2.24) is 14.9 Å². The molecule has 0 aliphatic carbocycles. The van der Waals surface area contributed by atoms with E-state index >= 15 is 0 Å². The van der Waals surface area contributed by atoms with Crippen LogP contribution in [0, 0.1) is 0 Å². The van der Waals surface area contributed by atoms with Crippen molar-refractivity contribution in [3.8, 4) is 0 Å². The Balaban J connectivity index is 2.48. The Morgan fingerprint density at radius 3 is 2.54 bits per heavy atom. The number of sulfonamides is 1. The highest BCUT2D eigenvalue weighted by molar-refractivity contribution is 7.89. The van der Waals surface area contributed by atoms with Gasteiger partial charge in [-0.25, -0.2) is 17.5 Å². The number of hydrogen-bond acceptors (Lipinski definition) is 4. The van der Waals surface area contributed by atoms with Crippen LogP contribution in [0.2, 0.25) is 0 Å². The van der Waals surface area contributed by atoms with E-state index in [-0.39, 0.29) is 18.2 Å². The quantitative estimate of drug-likeness (QED) is 0.626. The highest BCUT2D eigenvalue weighted by Crippen LogP contribution is 2.12. The zero-order valence-corrected chi connectivity index (χ0v) is 14.9. The molecule has 9 heteroatoms. The van der Waals surface area contributed by atoms with Gasteiger partial charge in [-0.05, 0) is 24.1 Å². The summed E-state index contributed by atoms with van der Waals surface area (Å²) in [6.45, 7) is 0.0166. The predicted octanol–water partition coefficient (Wildman–Crippen LogP) is 0.378. The molecule has 3 N–H and O–H groups in total. The number of benzene rings is 1. The summed E-state index contributed by atoms with van der Waals surface area (Å²) >= 11 is 0. The van der Waals surface area contributed by atoms with Crippen LogP contribution in [-0.4, -0.2) is 58.1 Å². The van der Waals surface area contributed by atoms with Crippen molar-refractivity contribution >= 4 is 27.6 Å². The smallest absolute Gasteiger partial charge is 0.319 e. The first-order valence-corrected chi connectivity index (χ1v) is 9.10. The van der Waals surface area contributed by atoms with Crippen molar-refractivity contribution in [2.75, 3.05) is 38.8 Å². The first-order valence-electron chi connectivity index (χ1n) is 7.49. The highest BCUT2D eigenvalue weighted by Gasteiger charge is 2.13. The Hall–Kier alpha value is -2.13. The molecule has 0 aliphatic rings. The second-order valence-corrected chi connectivity index (χ2v) is 7.66. The molecule has 0 fully saturated rings. The Morgan fingerprint density at radius 2 is 1.92 bits per heavy atom. The minimum atomic E-state index is -3.34. The van der Waals surface area contributed by atoms with E-state index in [9.17, 15) is 18.0 Å². The molecule has 0 saturated heterocycles. The van der Waals surface area contributed by atoms with E-state index in [4.69, 9.17) is 0 Å². The molecule has 8 nitrogen and oxygen atoms in total. The molecule has 0 aliphatic heterocycles. The SMILES string of the molecule is CNC(=O)CCc1cccc(NC(=O)NCCS(=O)(=O)N(C)C)c1. The fourth-order valence-corrected chi connectivity index (χ4v) is 2.56. The largest absolute Gasteiger partial charge is 0.359 e. The summed E-state index contributed by atoms with van der Waals surface area (Å²) in [4.78, 5) is 23.0. The highest BCUT2D eigenvalue weighted by atomic mass is 32.2. The molecule has 0 bridgehead atoms. The van der Waals surface area contributed by atoms with Crippen molar-refractivity contribution in [3.05, 3.63) is 29.8 Å². The van der Waals surface area contributed by atoms with E-state index < -0.39 is 16.1 Å². The topological polar surface area (TPSA) is 108 Å². The summed E-state index contributed by atoms with van der Waals surface area (Å²) < 4.78 is 24.3. The molecule has 0 unspecified atom stereocenters. The lowest BCUT2D eigenvalue weighted by atomic mass is 10.1. The average molecular weight is 356 g/mol. The van der Waals surface area contributed by atoms with E-state index in [0.717, 1.165) is 9.87 Å². The van der Waals surface area contributed by atoms with E-state index in [2.05, 4.69) is 16.0 Å². The molecule has 0 saturated carbocycles. The van der Waals surface area contributed by atoms with Gasteiger partial charge in [0.2, 0.25) is 15.9 Å². The normalized spacial score (nSPS) is 11.2. The second-order valence-electron chi connectivity index (χ2n) is 5.35. The fourth-order valence-electron chi connectivity index (χ4n) is 1.84. The number of urea groups is 1. The first kappa shape index (κ1) is 19.9. The number of hydrogen-bond donors (Lipinski definition) is 3. The molecular weight excluding hydrogens is 332 g/mol. The van der Waals surface area contributed by atoms with Crippen molar-refractivity contribution in [2.24, 2.45) is 0 Å². The van der Waals surface area contributed by atoms with Gasteiger partial charge in [-0.3, -0.25) is 4.79 Å². The molecular formula is C15H24N4O4S. The maximum atomic E-state index is 11.8. The third-order valence-electron chi connectivity index (χ3n) is 3.31. The molecule has 1 aromatic carbocycles. The molecule has 0 aromatic heterocycles. The number of nitrogens with zero attached hydrogens (tertiary/aromatic N) is 1. The Morgan fingerprint density at radius 1 is 1.21 bits per heavy atom. The summed E-state index contributed by atoms with van der Waals surface area (Å²) in [5, 5.41) is 7.70. The van der Waals surface area contributed by atoms with Crippen LogP contribution in [0.1, 0.15) is 12.0 Å².